The molecule has 1 rings (SSSR count). The van der Waals surface area contributed by atoms with Crippen molar-refractivity contribution in [2.75, 3.05) is 19.0 Å². The standard InChI is InChI=1S/C55H100O12S/c1-3-5-7-9-11-13-15-17-19-21-22-23-24-25-26-28-29-31-33-35-37-39-41-43-50(56)64-45-48(46-65-55-54(60)53(59)52(58)49(67-55)47-68(61,62)63)66-51(57)44-42-40-38-36-34-32-30-27-20-18-16-14-12-10-8-6-4-2/h12,14,18,20-22,48-49,52-55,58-60H,3-11,13,15-17,19,23-47H2,1-2H3,(H,61,62,63)/b14-12-,20-18-,22-21-. The fraction of sp³-hybridized carbons (Fsp3) is 0.855. The lowest BCUT2D eigenvalue weighted by Gasteiger charge is -2.40. The molecule has 6 unspecified atom stereocenters. The smallest absolute Gasteiger partial charge is 0.306 e. The van der Waals surface area contributed by atoms with Crippen molar-refractivity contribution in [2.24, 2.45) is 0 Å². The maximum Gasteiger partial charge on any atom is 0.306 e. The third kappa shape index (κ3) is 38.6. The fourth-order valence-electron chi connectivity index (χ4n) is 8.41. The van der Waals surface area contributed by atoms with Gasteiger partial charge < -0.3 is 34.3 Å². The first-order chi connectivity index (χ1) is 33.0. The molecule has 398 valence electrons. The van der Waals surface area contributed by atoms with E-state index in [0.29, 0.717) is 12.8 Å². The number of carbonyl (C=O) groups excluding carboxylic acids is 2. The van der Waals surface area contributed by atoms with Crippen LogP contribution in [-0.2, 0) is 38.7 Å². The quantitative estimate of drug-likeness (QED) is 0.0196. The number of hydrogen-bond donors (Lipinski definition) is 4. The minimum atomic E-state index is -4.61. The minimum Gasteiger partial charge on any atom is -0.462 e. The Labute approximate surface area is 414 Å². The van der Waals surface area contributed by atoms with E-state index in [-0.39, 0.29) is 19.4 Å². The molecule has 1 aliphatic heterocycles. The molecule has 0 amide bonds. The summed E-state index contributed by atoms with van der Waals surface area (Å²) in [6.07, 6.45) is 44.7. The predicted molar refractivity (Wildman–Crippen MR) is 275 cm³/mol. The van der Waals surface area contributed by atoms with Crippen molar-refractivity contribution < 1.29 is 56.8 Å². The highest BCUT2D eigenvalue weighted by molar-refractivity contribution is 7.85. The van der Waals surface area contributed by atoms with Crippen LogP contribution in [0.25, 0.3) is 0 Å². The molecule has 6 atom stereocenters. The largest absolute Gasteiger partial charge is 0.462 e. The topological polar surface area (TPSA) is 186 Å². The van der Waals surface area contributed by atoms with E-state index >= 15 is 0 Å². The maximum atomic E-state index is 12.9. The molecule has 12 nitrogen and oxygen atoms in total. The Morgan fingerprint density at radius 2 is 0.882 bits per heavy atom. The van der Waals surface area contributed by atoms with Gasteiger partial charge in [0, 0.05) is 12.8 Å². The highest BCUT2D eigenvalue weighted by atomic mass is 32.2. The van der Waals surface area contributed by atoms with Crippen LogP contribution in [0.3, 0.4) is 0 Å². The van der Waals surface area contributed by atoms with Crippen LogP contribution in [0.5, 0.6) is 0 Å². The summed E-state index contributed by atoms with van der Waals surface area (Å²) < 4.78 is 54.3. The summed E-state index contributed by atoms with van der Waals surface area (Å²) in [5, 5.41) is 31.0. The number of hydrogen-bond acceptors (Lipinski definition) is 11. The van der Waals surface area contributed by atoms with Gasteiger partial charge in [-0.15, -0.1) is 0 Å². The Morgan fingerprint density at radius 1 is 0.500 bits per heavy atom. The van der Waals surface area contributed by atoms with Gasteiger partial charge in [0.05, 0.1) is 6.61 Å². The van der Waals surface area contributed by atoms with Crippen molar-refractivity contribution in [3.8, 4) is 0 Å². The van der Waals surface area contributed by atoms with E-state index in [1.807, 2.05) is 0 Å². The first kappa shape index (κ1) is 63.9. The van der Waals surface area contributed by atoms with Crippen molar-refractivity contribution in [2.45, 2.75) is 282 Å². The molecule has 0 saturated carbocycles. The van der Waals surface area contributed by atoms with Gasteiger partial charge in [0.25, 0.3) is 10.1 Å². The first-order valence-electron chi connectivity index (χ1n) is 27.5. The summed E-state index contributed by atoms with van der Waals surface area (Å²) in [6.45, 7) is 3.77. The van der Waals surface area contributed by atoms with E-state index in [1.165, 1.54) is 148 Å². The Hall–Kier alpha value is -2.13. The Bertz CT molecular complexity index is 1380. The number of carbonyl (C=O) groups is 2. The van der Waals surface area contributed by atoms with Crippen LogP contribution in [-0.4, -0.2) is 96.0 Å². The lowest BCUT2D eigenvalue weighted by molar-refractivity contribution is -0.297. The lowest BCUT2D eigenvalue weighted by Crippen LogP contribution is -2.60. The fourth-order valence-corrected chi connectivity index (χ4v) is 9.10. The van der Waals surface area contributed by atoms with Gasteiger partial charge in [0.2, 0.25) is 0 Å². The van der Waals surface area contributed by atoms with Crippen molar-refractivity contribution >= 4 is 22.1 Å². The highest BCUT2D eigenvalue weighted by Crippen LogP contribution is 2.24. The number of ether oxygens (including phenoxy) is 4. The summed E-state index contributed by atoms with van der Waals surface area (Å²) >= 11 is 0. The summed E-state index contributed by atoms with van der Waals surface area (Å²) in [5.41, 5.74) is 0. The Morgan fingerprint density at radius 3 is 1.34 bits per heavy atom. The van der Waals surface area contributed by atoms with Gasteiger partial charge in [-0.2, -0.15) is 8.42 Å². The van der Waals surface area contributed by atoms with E-state index in [2.05, 4.69) is 50.3 Å². The zero-order valence-electron chi connectivity index (χ0n) is 43.0. The number of esters is 2. The molecule has 0 aromatic rings. The van der Waals surface area contributed by atoms with Crippen LogP contribution in [0, 0.1) is 0 Å². The van der Waals surface area contributed by atoms with Crippen molar-refractivity contribution in [1.82, 2.24) is 0 Å². The molecular weight excluding hydrogens is 885 g/mol. The normalized spacial score (nSPS) is 19.4. The van der Waals surface area contributed by atoms with Gasteiger partial charge in [-0.1, -0.05) is 198 Å². The van der Waals surface area contributed by atoms with Crippen LogP contribution < -0.4 is 0 Å². The van der Waals surface area contributed by atoms with Crippen LogP contribution in [0.4, 0.5) is 0 Å². The summed E-state index contributed by atoms with van der Waals surface area (Å²) in [5.74, 6) is -1.98. The number of allylic oxidation sites excluding steroid dienone is 6. The van der Waals surface area contributed by atoms with Crippen LogP contribution >= 0.6 is 0 Å². The second-order valence-electron chi connectivity index (χ2n) is 19.2. The molecule has 0 aromatic carbocycles. The third-order valence-electron chi connectivity index (χ3n) is 12.7. The first-order valence-corrected chi connectivity index (χ1v) is 29.2. The molecule has 0 aliphatic carbocycles. The monoisotopic (exact) mass is 985 g/mol. The predicted octanol–water partition coefficient (Wildman–Crippen LogP) is 12.9. The molecule has 1 saturated heterocycles. The zero-order valence-corrected chi connectivity index (χ0v) is 43.8. The van der Waals surface area contributed by atoms with Crippen molar-refractivity contribution in [1.29, 1.82) is 0 Å². The van der Waals surface area contributed by atoms with Gasteiger partial charge in [-0.25, -0.2) is 0 Å². The number of rotatable bonds is 47. The SMILES string of the molecule is CCCCC/C=C\C/C=C\CCCCCCCCCC(=O)OC(COC(=O)CCCCCCCCCCCCC/C=C\CCCCCCCCCC)COC1OC(CS(=O)(=O)O)C(O)C(O)C1O. The van der Waals surface area contributed by atoms with E-state index in [9.17, 15) is 37.9 Å². The molecule has 0 spiro atoms. The number of aliphatic hydroxyl groups is 3. The lowest BCUT2D eigenvalue weighted by atomic mass is 10.00. The molecular formula is C55H100O12S. The van der Waals surface area contributed by atoms with Gasteiger partial charge >= 0.3 is 11.9 Å². The van der Waals surface area contributed by atoms with E-state index in [4.69, 9.17) is 18.9 Å². The van der Waals surface area contributed by atoms with Crippen LogP contribution in [0.2, 0.25) is 0 Å². The maximum absolute atomic E-state index is 12.9. The molecule has 0 aromatic heterocycles. The molecule has 1 heterocycles. The van der Waals surface area contributed by atoms with E-state index in [0.717, 1.165) is 57.8 Å². The molecule has 0 radical (unpaired) electrons. The van der Waals surface area contributed by atoms with Gasteiger partial charge in [0.15, 0.2) is 12.4 Å². The molecule has 0 bridgehead atoms. The molecule has 1 fully saturated rings. The molecule has 13 heteroatoms. The van der Waals surface area contributed by atoms with Gasteiger partial charge in [0.1, 0.15) is 36.8 Å². The van der Waals surface area contributed by atoms with Gasteiger partial charge in [-0.05, 0) is 70.6 Å². The van der Waals surface area contributed by atoms with Crippen molar-refractivity contribution in [3.05, 3.63) is 36.5 Å². The minimum absolute atomic E-state index is 0.156. The molecule has 4 N–H and O–H groups in total. The molecule has 68 heavy (non-hydrogen) atoms. The number of aliphatic hydroxyl groups excluding tert-OH is 3. The summed E-state index contributed by atoms with van der Waals surface area (Å²) in [4.78, 5) is 25.6. The zero-order chi connectivity index (χ0) is 49.8. The Kier molecular flexibility index (Phi) is 42.1. The second-order valence-corrected chi connectivity index (χ2v) is 20.7. The van der Waals surface area contributed by atoms with Gasteiger partial charge in [-0.3, -0.25) is 14.1 Å². The average molecular weight is 985 g/mol. The summed E-state index contributed by atoms with van der Waals surface area (Å²) in [6, 6.07) is 0. The summed E-state index contributed by atoms with van der Waals surface area (Å²) in [7, 11) is -4.61. The Balaban J connectivity index is 2.32. The van der Waals surface area contributed by atoms with Crippen molar-refractivity contribution in [3.63, 3.8) is 0 Å². The van der Waals surface area contributed by atoms with E-state index in [1.54, 1.807) is 0 Å². The third-order valence-corrected chi connectivity index (χ3v) is 13.4. The second kappa shape index (κ2) is 44.8. The van der Waals surface area contributed by atoms with Crippen LogP contribution in [0.1, 0.15) is 245 Å². The van der Waals surface area contributed by atoms with Crippen LogP contribution in [0.15, 0.2) is 36.5 Å². The van der Waals surface area contributed by atoms with E-state index < -0.39 is 71.2 Å². The molecule has 1 aliphatic rings. The number of unbranched alkanes of at least 4 members (excludes halogenated alkanes) is 29. The average Bonchev–Trinajstić information content (AvgIpc) is 3.31. The highest BCUT2D eigenvalue weighted by Gasteiger charge is 2.46.